The van der Waals surface area contributed by atoms with E-state index in [-0.39, 0.29) is 34.8 Å². The smallest absolute Gasteiger partial charge is 0.291 e. The molecule has 1 atom stereocenters. The maximum atomic E-state index is 13.6. The van der Waals surface area contributed by atoms with Gasteiger partial charge >= 0.3 is 0 Å². The van der Waals surface area contributed by atoms with E-state index in [1.54, 1.807) is 43.3 Å². The maximum absolute atomic E-state index is 13.6. The minimum atomic E-state index is -0.766. The molecular formula is C24H18ClNO6. The van der Waals surface area contributed by atoms with E-state index in [1.165, 1.54) is 24.3 Å². The van der Waals surface area contributed by atoms with Gasteiger partial charge in [-0.2, -0.15) is 0 Å². The van der Waals surface area contributed by atoms with E-state index in [0.717, 1.165) is 5.56 Å². The Morgan fingerprint density at radius 1 is 1.19 bits per heavy atom. The van der Waals surface area contributed by atoms with Crippen LogP contribution in [0.4, 0.5) is 0 Å². The zero-order valence-electron chi connectivity index (χ0n) is 17.2. The Balaban J connectivity index is 1.77. The number of methoxy groups -OCH3 is 1. The van der Waals surface area contributed by atoms with Gasteiger partial charge in [0.1, 0.15) is 11.3 Å². The highest BCUT2D eigenvalue weighted by molar-refractivity contribution is 6.32. The van der Waals surface area contributed by atoms with Crippen molar-refractivity contribution in [2.45, 2.75) is 19.5 Å². The number of furan rings is 1. The third-order valence-corrected chi connectivity index (χ3v) is 6.08. The molecule has 1 unspecified atom stereocenters. The summed E-state index contributed by atoms with van der Waals surface area (Å²) in [5.41, 5.74) is 1.49. The highest BCUT2D eigenvalue weighted by Gasteiger charge is 2.43. The summed E-state index contributed by atoms with van der Waals surface area (Å²) in [6.07, 6.45) is 1.52. The number of aryl methyl sites for hydroxylation is 1. The molecule has 0 saturated carbocycles. The topological polar surface area (TPSA) is 93.1 Å². The van der Waals surface area contributed by atoms with E-state index >= 15 is 0 Å². The zero-order chi connectivity index (χ0) is 22.6. The predicted molar refractivity (Wildman–Crippen MR) is 117 cm³/mol. The first kappa shape index (κ1) is 20.2. The van der Waals surface area contributed by atoms with Crippen LogP contribution in [0.25, 0.3) is 11.0 Å². The minimum absolute atomic E-state index is 0.0205. The number of phenols is 1. The van der Waals surface area contributed by atoms with Gasteiger partial charge in [-0.1, -0.05) is 17.7 Å². The van der Waals surface area contributed by atoms with Gasteiger partial charge in [-0.3, -0.25) is 9.59 Å². The van der Waals surface area contributed by atoms with Crippen molar-refractivity contribution in [1.82, 2.24) is 4.90 Å². The summed E-state index contributed by atoms with van der Waals surface area (Å²) in [4.78, 5) is 28.5. The van der Waals surface area contributed by atoms with E-state index in [2.05, 4.69) is 0 Å². The van der Waals surface area contributed by atoms with Crippen LogP contribution in [-0.2, 0) is 6.54 Å². The number of hydrogen-bond donors (Lipinski definition) is 1. The normalized spacial score (nSPS) is 15.4. The van der Waals surface area contributed by atoms with Gasteiger partial charge in [-0.25, -0.2) is 0 Å². The summed E-state index contributed by atoms with van der Waals surface area (Å²) < 4.78 is 16.6. The van der Waals surface area contributed by atoms with Crippen molar-refractivity contribution in [3.05, 3.63) is 92.2 Å². The number of fused-ring (bicyclic) bond motifs is 2. The van der Waals surface area contributed by atoms with Crippen molar-refractivity contribution in [3.63, 3.8) is 0 Å². The molecule has 7 nitrogen and oxygen atoms in total. The van der Waals surface area contributed by atoms with Crippen LogP contribution in [0, 0.1) is 6.92 Å². The second-order valence-corrected chi connectivity index (χ2v) is 8.02. The Labute approximate surface area is 187 Å². The molecule has 0 bridgehead atoms. The van der Waals surface area contributed by atoms with E-state index in [1.807, 2.05) is 0 Å². The second kappa shape index (κ2) is 7.46. The molecule has 32 heavy (non-hydrogen) atoms. The number of phenolic OH excluding ortho intramolecular Hbond substituents is 1. The van der Waals surface area contributed by atoms with Crippen LogP contribution in [0.1, 0.15) is 39.0 Å². The average molecular weight is 452 g/mol. The summed E-state index contributed by atoms with van der Waals surface area (Å²) in [5.74, 6) is 0.280. The highest BCUT2D eigenvalue weighted by atomic mass is 35.5. The molecular weight excluding hydrogens is 434 g/mol. The van der Waals surface area contributed by atoms with E-state index in [4.69, 9.17) is 25.2 Å². The molecule has 0 aliphatic carbocycles. The molecule has 1 aliphatic heterocycles. The lowest BCUT2D eigenvalue weighted by Crippen LogP contribution is -2.29. The van der Waals surface area contributed by atoms with E-state index < -0.39 is 11.9 Å². The molecule has 1 aliphatic rings. The summed E-state index contributed by atoms with van der Waals surface area (Å²) in [7, 11) is 1.43. The van der Waals surface area contributed by atoms with E-state index in [0.29, 0.717) is 27.3 Å². The molecule has 1 N–H and O–H groups in total. The van der Waals surface area contributed by atoms with E-state index in [9.17, 15) is 14.7 Å². The first-order valence-corrected chi connectivity index (χ1v) is 10.2. The second-order valence-electron chi connectivity index (χ2n) is 7.62. The number of nitrogens with zero attached hydrogens (tertiary/aromatic N) is 1. The van der Waals surface area contributed by atoms with Crippen LogP contribution in [0.15, 0.2) is 62.4 Å². The molecule has 162 valence electrons. The van der Waals surface area contributed by atoms with Crippen molar-refractivity contribution in [2.24, 2.45) is 0 Å². The van der Waals surface area contributed by atoms with Gasteiger partial charge < -0.3 is 23.6 Å². The zero-order valence-corrected chi connectivity index (χ0v) is 18.0. The van der Waals surface area contributed by atoms with Crippen molar-refractivity contribution >= 4 is 28.5 Å². The molecule has 2 aromatic heterocycles. The molecule has 8 heteroatoms. The van der Waals surface area contributed by atoms with Crippen LogP contribution >= 0.6 is 11.6 Å². The Morgan fingerprint density at radius 2 is 2.00 bits per heavy atom. The summed E-state index contributed by atoms with van der Waals surface area (Å²) in [6, 6.07) is 10.6. The third kappa shape index (κ3) is 3.05. The Kier molecular flexibility index (Phi) is 4.71. The lowest BCUT2D eigenvalue weighted by atomic mass is 9.97. The first-order valence-electron chi connectivity index (χ1n) is 9.86. The van der Waals surface area contributed by atoms with Gasteiger partial charge in [0.05, 0.1) is 36.9 Å². The van der Waals surface area contributed by atoms with Crippen LogP contribution < -0.4 is 10.2 Å². The van der Waals surface area contributed by atoms with Gasteiger partial charge in [-0.15, -0.1) is 0 Å². The summed E-state index contributed by atoms with van der Waals surface area (Å²) in [5, 5.41) is 10.8. The number of ether oxygens (including phenoxy) is 1. The number of benzene rings is 2. The van der Waals surface area contributed by atoms with Crippen LogP contribution in [0.3, 0.4) is 0 Å². The van der Waals surface area contributed by atoms with Gasteiger partial charge in [0.2, 0.25) is 5.76 Å². The van der Waals surface area contributed by atoms with Crippen molar-refractivity contribution in [3.8, 4) is 11.5 Å². The Hall–Kier alpha value is -3.71. The number of amides is 1. The molecule has 0 saturated heterocycles. The van der Waals surface area contributed by atoms with Gasteiger partial charge in [0, 0.05) is 5.02 Å². The molecule has 0 fully saturated rings. The number of carbonyl (C=O) groups excluding carboxylic acids is 1. The van der Waals surface area contributed by atoms with Gasteiger partial charge in [0.15, 0.2) is 16.9 Å². The number of carbonyl (C=O) groups is 1. The van der Waals surface area contributed by atoms with Crippen molar-refractivity contribution < 1.29 is 23.5 Å². The average Bonchev–Trinajstić information content (AvgIpc) is 3.38. The summed E-state index contributed by atoms with van der Waals surface area (Å²) >= 11 is 6.26. The van der Waals surface area contributed by atoms with Crippen LogP contribution in [0.2, 0.25) is 5.02 Å². The predicted octanol–water partition coefficient (Wildman–Crippen LogP) is 4.81. The third-order valence-electron chi connectivity index (χ3n) is 5.67. The van der Waals surface area contributed by atoms with Crippen LogP contribution in [-0.4, -0.2) is 23.0 Å². The Bertz CT molecular complexity index is 1420. The SMILES string of the molecule is COc1cc(C2c3c(oc4cc(C)c(Cl)cc4c3=O)C(=O)N2Cc2ccco2)ccc1O. The fourth-order valence-electron chi connectivity index (χ4n) is 4.09. The lowest BCUT2D eigenvalue weighted by molar-refractivity contribution is 0.0701. The molecule has 2 aromatic carbocycles. The number of hydrogen-bond acceptors (Lipinski definition) is 6. The number of halogens is 1. The van der Waals surface area contributed by atoms with Crippen LogP contribution in [0.5, 0.6) is 11.5 Å². The standard InChI is InChI=1S/C24H18ClNO6/c1-12-8-18-15(10-16(12)25)22(28)20-21(13-5-6-17(27)19(9-13)30-2)26(24(29)23(20)32-18)11-14-4-3-7-31-14/h3-10,21,27H,11H2,1-2H3. The van der Waals surface area contributed by atoms with Gasteiger partial charge in [0.25, 0.3) is 5.91 Å². The lowest BCUT2D eigenvalue weighted by Gasteiger charge is -2.24. The Morgan fingerprint density at radius 3 is 2.72 bits per heavy atom. The molecule has 5 rings (SSSR count). The maximum Gasteiger partial charge on any atom is 0.291 e. The fourth-order valence-corrected chi connectivity index (χ4v) is 4.25. The monoisotopic (exact) mass is 451 g/mol. The van der Waals surface area contributed by atoms with Crippen molar-refractivity contribution in [2.75, 3.05) is 7.11 Å². The largest absolute Gasteiger partial charge is 0.504 e. The molecule has 3 heterocycles. The minimum Gasteiger partial charge on any atom is -0.504 e. The first-order chi connectivity index (χ1) is 15.4. The summed E-state index contributed by atoms with van der Waals surface area (Å²) in [6.45, 7) is 1.92. The van der Waals surface area contributed by atoms with Gasteiger partial charge in [-0.05, 0) is 54.4 Å². The fraction of sp³-hybridized carbons (Fsp3) is 0.167. The number of rotatable bonds is 4. The molecule has 4 aromatic rings. The quantitative estimate of drug-likeness (QED) is 0.478. The number of aromatic hydroxyl groups is 1. The molecule has 1 amide bonds. The highest BCUT2D eigenvalue weighted by Crippen LogP contribution is 2.41. The van der Waals surface area contributed by atoms with Crippen molar-refractivity contribution in [1.29, 1.82) is 0 Å². The molecule has 0 spiro atoms. The molecule has 0 radical (unpaired) electrons.